The third-order valence-electron chi connectivity index (χ3n) is 5.07. The monoisotopic (exact) mass is 474 g/mol. The average Bonchev–Trinajstić information content (AvgIpc) is 2.86. The summed E-state index contributed by atoms with van der Waals surface area (Å²) in [7, 11) is 0. The van der Waals surface area contributed by atoms with Gasteiger partial charge in [0.05, 0.1) is 13.0 Å². The molecule has 0 bridgehead atoms. The largest absolute Gasteiger partial charge is 0.466 e. The summed E-state index contributed by atoms with van der Waals surface area (Å²) < 4.78 is 5.00. The number of amides is 2. The van der Waals surface area contributed by atoms with Crippen LogP contribution in [0.5, 0.6) is 0 Å². The van der Waals surface area contributed by atoms with Crippen molar-refractivity contribution in [1.29, 1.82) is 0 Å². The normalized spacial score (nSPS) is 10.4. The molecule has 0 unspecified atom stereocenters. The Labute approximate surface area is 205 Å². The molecule has 0 spiro atoms. The number of ether oxygens (including phenoxy) is 1. The predicted molar refractivity (Wildman–Crippen MR) is 138 cm³/mol. The number of carbonyl (C=O) groups is 2. The van der Waals surface area contributed by atoms with Crippen LogP contribution in [0.1, 0.15) is 18.1 Å². The fourth-order valence-electron chi connectivity index (χ4n) is 3.37. The molecule has 2 amide bonds. The number of esters is 1. The first-order valence-electron chi connectivity index (χ1n) is 11.3. The average molecular weight is 475 g/mol. The highest BCUT2D eigenvalue weighted by Gasteiger charge is 2.15. The van der Waals surface area contributed by atoms with Crippen LogP contribution in [0, 0.1) is 0 Å². The molecule has 0 radical (unpaired) electrons. The van der Waals surface area contributed by atoms with Gasteiger partial charge in [0.25, 0.3) is 0 Å². The van der Waals surface area contributed by atoms with Gasteiger partial charge in [0.15, 0.2) is 0 Å². The Bertz CT molecular complexity index is 1070. The SMILES string of the molecule is C=CCNC(=O)N(CCc1ccccc1)c1ccc(Sc2ccc(CC(=O)OCC)cc2)cc1. The van der Waals surface area contributed by atoms with Gasteiger partial charge in [0.1, 0.15) is 0 Å². The van der Waals surface area contributed by atoms with Crippen LogP contribution in [0.3, 0.4) is 0 Å². The second kappa shape index (κ2) is 13.3. The Morgan fingerprint density at radius 2 is 1.59 bits per heavy atom. The Balaban J connectivity index is 1.65. The standard InChI is InChI=1S/C28H30N2O3S/c1-3-19-29-28(32)30(20-18-22-8-6-5-7-9-22)24-12-16-26(17-13-24)34-25-14-10-23(11-15-25)21-27(31)33-4-2/h3,5-17H,1,4,18-21H2,2H3,(H,29,32). The minimum Gasteiger partial charge on any atom is -0.466 e. The van der Waals surface area contributed by atoms with Crippen molar-refractivity contribution >= 4 is 29.4 Å². The summed E-state index contributed by atoms with van der Waals surface area (Å²) in [6, 6.07) is 25.9. The van der Waals surface area contributed by atoms with Crippen molar-refractivity contribution in [2.45, 2.75) is 29.6 Å². The topological polar surface area (TPSA) is 58.6 Å². The molecular weight excluding hydrogens is 444 g/mol. The Morgan fingerprint density at radius 1 is 0.941 bits per heavy atom. The summed E-state index contributed by atoms with van der Waals surface area (Å²) >= 11 is 1.63. The van der Waals surface area contributed by atoms with Gasteiger partial charge in [0, 0.05) is 28.6 Å². The van der Waals surface area contributed by atoms with Gasteiger partial charge in [-0.1, -0.05) is 60.3 Å². The molecular formula is C28H30N2O3S. The van der Waals surface area contributed by atoms with Crippen LogP contribution in [0.25, 0.3) is 0 Å². The van der Waals surface area contributed by atoms with Crippen molar-refractivity contribution in [2.24, 2.45) is 0 Å². The summed E-state index contributed by atoms with van der Waals surface area (Å²) in [4.78, 5) is 28.3. The molecule has 1 N–H and O–H groups in total. The molecule has 0 aliphatic heterocycles. The molecule has 3 rings (SSSR count). The summed E-state index contributed by atoms with van der Waals surface area (Å²) in [5, 5.41) is 2.88. The maximum absolute atomic E-state index is 12.8. The molecule has 5 nitrogen and oxygen atoms in total. The lowest BCUT2D eigenvalue weighted by molar-refractivity contribution is -0.142. The van der Waals surface area contributed by atoms with Gasteiger partial charge in [-0.15, -0.1) is 6.58 Å². The summed E-state index contributed by atoms with van der Waals surface area (Å²) in [6.45, 7) is 6.86. The van der Waals surface area contributed by atoms with E-state index in [1.54, 1.807) is 29.7 Å². The Kier molecular flexibility index (Phi) is 9.80. The van der Waals surface area contributed by atoms with Crippen LogP contribution < -0.4 is 10.2 Å². The smallest absolute Gasteiger partial charge is 0.322 e. The fourth-order valence-corrected chi connectivity index (χ4v) is 4.19. The Morgan fingerprint density at radius 3 is 2.21 bits per heavy atom. The molecule has 0 aliphatic rings. The number of hydrogen-bond acceptors (Lipinski definition) is 4. The lowest BCUT2D eigenvalue weighted by Gasteiger charge is -2.23. The van der Waals surface area contributed by atoms with Crippen molar-refractivity contribution in [3.05, 3.63) is 103 Å². The highest BCUT2D eigenvalue weighted by Crippen LogP contribution is 2.29. The van der Waals surface area contributed by atoms with Gasteiger partial charge >= 0.3 is 12.0 Å². The lowest BCUT2D eigenvalue weighted by Crippen LogP contribution is -2.41. The van der Waals surface area contributed by atoms with Crippen LogP contribution >= 0.6 is 11.8 Å². The van der Waals surface area contributed by atoms with Crippen molar-refractivity contribution in [1.82, 2.24) is 5.32 Å². The molecule has 176 valence electrons. The van der Waals surface area contributed by atoms with E-state index in [0.717, 1.165) is 27.5 Å². The number of rotatable bonds is 11. The number of hydrogen-bond donors (Lipinski definition) is 1. The highest BCUT2D eigenvalue weighted by atomic mass is 32.2. The van der Waals surface area contributed by atoms with E-state index in [1.165, 1.54) is 5.56 Å². The molecule has 6 heteroatoms. The van der Waals surface area contributed by atoms with E-state index in [-0.39, 0.29) is 18.4 Å². The maximum Gasteiger partial charge on any atom is 0.322 e. The van der Waals surface area contributed by atoms with Crippen molar-refractivity contribution in [2.75, 3.05) is 24.6 Å². The van der Waals surface area contributed by atoms with Gasteiger partial charge in [0.2, 0.25) is 0 Å². The molecule has 0 saturated heterocycles. The summed E-state index contributed by atoms with van der Waals surface area (Å²) in [5.41, 5.74) is 2.95. The molecule has 0 heterocycles. The molecule has 0 fully saturated rings. The number of urea groups is 1. The molecule has 34 heavy (non-hydrogen) atoms. The second-order valence-corrected chi connectivity index (χ2v) is 8.73. The van der Waals surface area contributed by atoms with Gasteiger partial charge in [-0.3, -0.25) is 9.69 Å². The van der Waals surface area contributed by atoms with E-state index in [1.807, 2.05) is 66.7 Å². The van der Waals surface area contributed by atoms with Crippen LogP contribution in [-0.2, 0) is 22.4 Å². The zero-order valence-electron chi connectivity index (χ0n) is 19.4. The van der Waals surface area contributed by atoms with E-state index in [9.17, 15) is 9.59 Å². The van der Waals surface area contributed by atoms with Gasteiger partial charge in [-0.2, -0.15) is 0 Å². The predicted octanol–water partition coefficient (Wildman–Crippen LogP) is 5.89. The van der Waals surface area contributed by atoms with Gasteiger partial charge in [-0.05, 0) is 60.9 Å². The lowest BCUT2D eigenvalue weighted by atomic mass is 10.1. The zero-order chi connectivity index (χ0) is 24.2. The third-order valence-corrected chi connectivity index (χ3v) is 6.09. The molecule has 0 atom stereocenters. The van der Waals surface area contributed by atoms with E-state index < -0.39 is 0 Å². The Hall–Kier alpha value is -3.51. The maximum atomic E-state index is 12.8. The van der Waals surface area contributed by atoms with E-state index in [4.69, 9.17) is 4.74 Å². The van der Waals surface area contributed by atoms with Gasteiger partial charge in [-0.25, -0.2) is 4.79 Å². The van der Waals surface area contributed by atoms with Crippen LogP contribution in [0.2, 0.25) is 0 Å². The van der Waals surface area contributed by atoms with Crippen LogP contribution in [0.4, 0.5) is 10.5 Å². The minimum absolute atomic E-state index is 0.145. The molecule has 3 aromatic rings. The van der Waals surface area contributed by atoms with Gasteiger partial charge < -0.3 is 10.1 Å². The van der Waals surface area contributed by atoms with Crippen LogP contribution in [0.15, 0.2) is 101 Å². The first-order chi connectivity index (χ1) is 16.6. The highest BCUT2D eigenvalue weighted by molar-refractivity contribution is 7.99. The van der Waals surface area contributed by atoms with E-state index in [0.29, 0.717) is 19.7 Å². The first-order valence-corrected chi connectivity index (χ1v) is 12.1. The van der Waals surface area contributed by atoms with Crippen molar-refractivity contribution < 1.29 is 14.3 Å². The number of anilines is 1. The number of carbonyl (C=O) groups excluding carboxylic acids is 2. The van der Waals surface area contributed by atoms with E-state index >= 15 is 0 Å². The zero-order valence-corrected chi connectivity index (χ0v) is 20.2. The third kappa shape index (κ3) is 7.81. The number of benzene rings is 3. The molecule has 0 saturated carbocycles. The summed E-state index contributed by atoms with van der Waals surface area (Å²) in [5.74, 6) is -0.215. The number of nitrogens with zero attached hydrogens (tertiary/aromatic N) is 1. The minimum atomic E-state index is -0.215. The fraction of sp³-hybridized carbons (Fsp3) is 0.214. The van der Waals surface area contributed by atoms with Crippen molar-refractivity contribution in [3.8, 4) is 0 Å². The second-order valence-electron chi connectivity index (χ2n) is 7.58. The molecule has 3 aromatic carbocycles. The molecule has 0 aromatic heterocycles. The van der Waals surface area contributed by atoms with E-state index in [2.05, 4.69) is 24.0 Å². The summed E-state index contributed by atoms with van der Waals surface area (Å²) in [6.07, 6.45) is 2.71. The first kappa shape index (κ1) is 25.1. The number of nitrogens with one attached hydrogen (secondary N) is 1. The van der Waals surface area contributed by atoms with Crippen molar-refractivity contribution in [3.63, 3.8) is 0 Å². The van der Waals surface area contributed by atoms with Crippen LogP contribution in [-0.4, -0.2) is 31.7 Å². The molecule has 0 aliphatic carbocycles. The quantitative estimate of drug-likeness (QED) is 0.278.